The van der Waals surface area contributed by atoms with E-state index >= 15 is 0 Å². The number of aromatic nitrogens is 2. The summed E-state index contributed by atoms with van der Waals surface area (Å²) in [5.41, 5.74) is 6.38. The van der Waals surface area contributed by atoms with E-state index in [-0.39, 0.29) is 11.9 Å². The Kier molecular flexibility index (Phi) is 6.34. The summed E-state index contributed by atoms with van der Waals surface area (Å²) >= 11 is 0. The zero-order valence-corrected chi connectivity index (χ0v) is 21.0. The molecule has 1 atom stereocenters. The second-order valence-corrected chi connectivity index (χ2v) is 10.1. The molecule has 0 radical (unpaired) electrons. The highest BCUT2D eigenvalue weighted by Crippen LogP contribution is 2.27. The monoisotopic (exact) mass is 459 g/mol. The minimum Gasteiger partial charge on any atom is -0.368 e. The molecule has 2 aromatic rings. The van der Waals surface area contributed by atoms with Crippen LogP contribution in [0, 0.1) is 6.92 Å². The first-order valence-electron chi connectivity index (χ1n) is 12.8. The first-order chi connectivity index (χ1) is 16.4. The minimum atomic E-state index is 0.0277. The molecule has 1 aliphatic carbocycles. The Hall–Kier alpha value is -2.86. The van der Waals surface area contributed by atoms with Crippen molar-refractivity contribution >= 4 is 17.1 Å². The van der Waals surface area contributed by atoms with Gasteiger partial charge in [-0.3, -0.25) is 9.69 Å². The molecule has 3 aliphatic rings. The van der Waals surface area contributed by atoms with Crippen LogP contribution in [0.15, 0.2) is 48.6 Å². The van der Waals surface area contributed by atoms with Crippen LogP contribution in [0.4, 0.5) is 0 Å². The highest BCUT2D eigenvalue weighted by molar-refractivity contribution is 5.96. The molecule has 1 amide bonds. The van der Waals surface area contributed by atoms with Gasteiger partial charge in [-0.2, -0.15) is 0 Å². The maximum Gasteiger partial charge on any atom is 0.251 e. The number of carbonyl (C=O) groups is 1. The SMILES string of the molecule is CCc1cc(/C(C)=C/C(=O)N2C=C(N3CCN(C4CCC4)CC3)C=CC2C)cn2cc(C)nc12. The maximum atomic E-state index is 13.4. The predicted molar refractivity (Wildman–Crippen MR) is 137 cm³/mol. The fraction of sp³-hybridized carbons (Fsp3) is 0.500. The molecule has 1 saturated carbocycles. The smallest absolute Gasteiger partial charge is 0.251 e. The number of aryl methyl sites for hydroxylation is 2. The summed E-state index contributed by atoms with van der Waals surface area (Å²) in [6.07, 6.45) is 17.3. The molecule has 4 heterocycles. The van der Waals surface area contributed by atoms with Crippen molar-refractivity contribution in [2.45, 2.75) is 65.5 Å². The fourth-order valence-electron chi connectivity index (χ4n) is 5.29. The molecule has 6 nitrogen and oxygen atoms in total. The van der Waals surface area contributed by atoms with Crippen molar-refractivity contribution in [2.24, 2.45) is 0 Å². The van der Waals surface area contributed by atoms with Crippen LogP contribution in [-0.4, -0.2) is 68.3 Å². The van der Waals surface area contributed by atoms with E-state index < -0.39 is 0 Å². The Labute approximate surface area is 203 Å². The van der Waals surface area contributed by atoms with Gasteiger partial charge in [-0.1, -0.05) is 19.4 Å². The van der Waals surface area contributed by atoms with Gasteiger partial charge in [-0.05, 0) is 68.9 Å². The summed E-state index contributed by atoms with van der Waals surface area (Å²) in [4.78, 5) is 25.0. The normalized spacial score (nSPS) is 22.3. The summed E-state index contributed by atoms with van der Waals surface area (Å²) in [7, 11) is 0. The van der Waals surface area contributed by atoms with Crippen molar-refractivity contribution in [3.8, 4) is 0 Å². The molecule has 1 unspecified atom stereocenters. The molecule has 2 fully saturated rings. The van der Waals surface area contributed by atoms with E-state index in [9.17, 15) is 4.79 Å². The molecule has 180 valence electrons. The lowest BCUT2D eigenvalue weighted by atomic mass is 9.91. The predicted octanol–water partition coefficient (Wildman–Crippen LogP) is 4.41. The van der Waals surface area contributed by atoms with Gasteiger partial charge in [-0.25, -0.2) is 4.98 Å². The quantitative estimate of drug-likeness (QED) is 0.622. The number of fused-ring (bicyclic) bond motifs is 1. The first-order valence-corrected chi connectivity index (χ1v) is 12.8. The number of rotatable bonds is 5. The van der Waals surface area contributed by atoms with Gasteiger partial charge in [0.2, 0.25) is 0 Å². The number of amides is 1. The average Bonchev–Trinajstić information content (AvgIpc) is 3.18. The van der Waals surface area contributed by atoms with Crippen LogP contribution in [0.5, 0.6) is 0 Å². The molecule has 0 aromatic carbocycles. The van der Waals surface area contributed by atoms with Gasteiger partial charge in [0, 0.05) is 56.9 Å². The van der Waals surface area contributed by atoms with Crippen molar-refractivity contribution in [3.05, 3.63) is 65.4 Å². The molecular weight excluding hydrogens is 422 g/mol. The fourth-order valence-corrected chi connectivity index (χ4v) is 5.29. The van der Waals surface area contributed by atoms with Gasteiger partial charge >= 0.3 is 0 Å². The standard InChI is InChI=1S/C28H37N5O/c1-5-23-16-24(18-32-17-21(3)29-28(23)32)20(2)15-27(34)33-19-26(10-9-22(33)4)31-13-11-30(12-14-31)25-7-6-8-25/h9-10,15-19,22,25H,5-8,11-14H2,1-4H3/b20-15+. The van der Waals surface area contributed by atoms with E-state index in [0.29, 0.717) is 0 Å². The first kappa shape index (κ1) is 22.9. The van der Waals surface area contributed by atoms with E-state index in [1.54, 1.807) is 6.08 Å². The highest BCUT2D eigenvalue weighted by Gasteiger charge is 2.29. The number of piperazine rings is 1. The molecule has 1 saturated heterocycles. The summed E-state index contributed by atoms with van der Waals surface area (Å²) in [6, 6.07) is 3.02. The van der Waals surface area contributed by atoms with Gasteiger partial charge in [-0.15, -0.1) is 0 Å². The molecule has 2 aliphatic heterocycles. The lowest BCUT2D eigenvalue weighted by Crippen LogP contribution is -2.52. The minimum absolute atomic E-state index is 0.0277. The molecule has 0 N–H and O–H groups in total. The summed E-state index contributed by atoms with van der Waals surface area (Å²) in [6.45, 7) is 12.6. The van der Waals surface area contributed by atoms with Crippen molar-refractivity contribution in [1.82, 2.24) is 24.1 Å². The van der Waals surface area contributed by atoms with Crippen LogP contribution in [0.25, 0.3) is 11.2 Å². The van der Waals surface area contributed by atoms with Crippen LogP contribution < -0.4 is 0 Å². The van der Waals surface area contributed by atoms with Gasteiger partial charge in [0.05, 0.1) is 17.4 Å². The van der Waals surface area contributed by atoms with Crippen LogP contribution in [0.1, 0.15) is 56.9 Å². The Bertz CT molecular complexity index is 1160. The van der Waals surface area contributed by atoms with Gasteiger partial charge < -0.3 is 14.2 Å². The van der Waals surface area contributed by atoms with Crippen LogP contribution in [-0.2, 0) is 11.2 Å². The van der Waals surface area contributed by atoms with Crippen molar-refractivity contribution < 1.29 is 4.79 Å². The topological polar surface area (TPSA) is 44.1 Å². The Morgan fingerprint density at radius 1 is 1.18 bits per heavy atom. The van der Waals surface area contributed by atoms with Crippen LogP contribution >= 0.6 is 0 Å². The zero-order valence-electron chi connectivity index (χ0n) is 21.0. The Morgan fingerprint density at radius 2 is 1.94 bits per heavy atom. The van der Waals surface area contributed by atoms with E-state index in [1.807, 2.05) is 24.9 Å². The Morgan fingerprint density at radius 3 is 2.62 bits per heavy atom. The maximum absolute atomic E-state index is 13.4. The molecule has 2 aromatic heterocycles. The number of imidazole rings is 1. The number of allylic oxidation sites excluding steroid dienone is 2. The summed E-state index contributed by atoms with van der Waals surface area (Å²) < 4.78 is 2.08. The van der Waals surface area contributed by atoms with E-state index in [0.717, 1.165) is 66.8 Å². The summed E-state index contributed by atoms with van der Waals surface area (Å²) in [5, 5.41) is 0. The average molecular weight is 460 g/mol. The lowest BCUT2D eigenvalue weighted by molar-refractivity contribution is -0.124. The van der Waals surface area contributed by atoms with E-state index in [1.165, 1.54) is 24.8 Å². The van der Waals surface area contributed by atoms with E-state index in [4.69, 9.17) is 0 Å². The van der Waals surface area contributed by atoms with Crippen molar-refractivity contribution in [2.75, 3.05) is 26.2 Å². The number of nitrogens with zero attached hydrogens (tertiary/aromatic N) is 5. The number of hydrogen-bond donors (Lipinski definition) is 0. The second kappa shape index (κ2) is 9.41. The molecule has 34 heavy (non-hydrogen) atoms. The molecule has 5 rings (SSSR count). The number of pyridine rings is 1. The zero-order chi connectivity index (χ0) is 23.8. The third-order valence-corrected chi connectivity index (χ3v) is 7.70. The molecule has 0 bridgehead atoms. The molecule has 6 heteroatoms. The third-order valence-electron chi connectivity index (χ3n) is 7.70. The third kappa shape index (κ3) is 4.43. The van der Waals surface area contributed by atoms with Gasteiger partial charge in [0.15, 0.2) is 0 Å². The van der Waals surface area contributed by atoms with Crippen molar-refractivity contribution in [3.63, 3.8) is 0 Å². The molecular formula is C28H37N5O. The van der Waals surface area contributed by atoms with E-state index in [2.05, 4.69) is 63.6 Å². The van der Waals surface area contributed by atoms with Crippen molar-refractivity contribution in [1.29, 1.82) is 0 Å². The summed E-state index contributed by atoms with van der Waals surface area (Å²) in [5.74, 6) is 0.0277. The Balaban J connectivity index is 1.32. The lowest BCUT2D eigenvalue weighted by Gasteiger charge is -2.44. The second-order valence-electron chi connectivity index (χ2n) is 10.1. The largest absolute Gasteiger partial charge is 0.368 e. The van der Waals surface area contributed by atoms with Gasteiger partial charge in [0.1, 0.15) is 5.65 Å². The van der Waals surface area contributed by atoms with Crippen LogP contribution in [0.3, 0.4) is 0 Å². The van der Waals surface area contributed by atoms with Crippen LogP contribution in [0.2, 0.25) is 0 Å². The molecule has 0 spiro atoms. The highest BCUT2D eigenvalue weighted by atomic mass is 16.2. The number of carbonyl (C=O) groups excluding carboxylic acids is 1. The van der Waals surface area contributed by atoms with Gasteiger partial charge in [0.25, 0.3) is 5.91 Å². The number of hydrogen-bond acceptors (Lipinski definition) is 4.